The molecule has 1 N–H and O–H groups in total. The molecule has 0 spiro atoms. The van der Waals surface area contributed by atoms with Gasteiger partial charge in [0.05, 0.1) is 0 Å². The van der Waals surface area contributed by atoms with Crippen molar-refractivity contribution in [1.82, 2.24) is 5.32 Å². The summed E-state index contributed by atoms with van der Waals surface area (Å²) in [6.07, 6.45) is 6.38. The molecule has 3 unspecified atom stereocenters. The lowest BCUT2D eigenvalue weighted by molar-refractivity contribution is 0.239. The van der Waals surface area contributed by atoms with Crippen LogP contribution in [0.4, 0.5) is 4.39 Å². The maximum Gasteiger partial charge on any atom is 0.128 e. The first kappa shape index (κ1) is 15.0. The molecular formula is C16H23BrFN. The fraction of sp³-hybridized carbons (Fsp3) is 0.625. The van der Waals surface area contributed by atoms with Crippen molar-refractivity contribution in [2.45, 2.75) is 58.0 Å². The second-order valence-corrected chi connectivity index (χ2v) is 6.53. The van der Waals surface area contributed by atoms with E-state index in [-0.39, 0.29) is 11.9 Å². The molecule has 1 fully saturated rings. The van der Waals surface area contributed by atoms with Gasteiger partial charge in [-0.05, 0) is 43.9 Å². The van der Waals surface area contributed by atoms with Crippen molar-refractivity contribution >= 4 is 15.9 Å². The minimum Gasteiger partial charge on any atom is -0.307 e. The summed E-state index contributed by atoms with van der Waals surface area (Å²) >= 11 is 3.42. The van der Waals surface area contributed by atoms with E-state index >= 15 is 0 Å². The lowest BCUT2D eigenvalue weighted by Gasteiger charge is -2.34. The minimum absolute atomic E-state index is 0.0645. The van der Waals surface area contributed by atoms with Crippen LogP contribution in [0.25, 0.3) is 0 Å². The second kappa shape index (κ2) is 6.85. The molecule has 1 aliphatic rings. The zero-order valence-electron chi connectivity index (χ0n) is 11.8. The van der Waals surface area contributed by atoms with E-state index in [1.807, 2.05) is 6.07 Å². The van der Waals surface area contributed by atoms with Crippen LogP contribution in [0.15, 0.2) is 22.7 Å². The standard InChI is InChI=1S/C16H23BrFN/c1-3-12-6-4-5-7-16(12)19-11(2)14-10-13(17)8-9-15(14)18/h8-12,16,19H,3-7H2,1-2H3. The molecule has 0 heterocycles. The second-order valence-electron chi connectivity index (χ2n) is 5.61. The predicted molar refractivity (Wildman–Crippen MR) is 81.7 cm³/mol. The van der Waals surface area contributed by atoms with Crippen molar-refractivity contribution < 1.29 is 4.39 Å². The maximum atomic E-state index is 13.9. The Kier molecular flexibility index (Phi) is 5.40. The normalized spacial score (nSPS) is 25.3. The first-order chi connectivity index (χ1) is 9.11. The SMILES string of the molecule is CCC1CCCCC1NC(C)c1cc(Br)ccc1F. The fourth-order valence-corrected chi connectivity index (χ4v) is 3.55. The van der Waals surface area contributed by atoms with Gasteiger partial charge in [-0.1, -0.05) is 42.1 Å². The van der Waals surface area contributed by atoms with Crippen LogP contribution in [0.1, 0.15) is 57.6 Å². The summed E-state index contributed by atoms with van der Waals surface area (Å²) < 4.78 is 14.8. The molecule has 3 heteroatoms. The molecule has 1 aromatic carbocycles. The van der Waals surface area contributed by atoms with Gasteiger partial charge in [0.1, 0.15) is 5.82 Å². The molecule has 1 saturated carbocycles. The van der Waals surface area contributed by atoms with Crippen LogP contribution < -0.4 is 5.32 Å². The molecule has 0 radical (unpaired) electrons. The van der Waals surface area contributed by atoms with Gasteiger partial charge in [-0.15, -0.1) is 0 Å². The summed E-state index contributed by atoms with van der Waals surface area (Å²) in [6.45, 7) is 4.32. The summed E-state index contributed by atoms with van der Waals surface area (Å²) in [7, 11) is 0. The molecular weight excluding hydrogens is 305 g/mol. The smallest absolute Gasteiger partial charge is 0.128 e. The van der Waals surface area contributed by atoms with Crippen LogP contribution >= 0.6 is 15.9 Å². The van der Waals surface area contributed by atoms with Gasteiger partial charge < -0.3 is 5.32 Å². The molecule has 2 rings (SSSR count). The van der Waals surface area contributed by atoms with E-state index in [1.54, 1.807) is 6.07 Å². The zero-order chi connectivity index (χ0) is 13.8. The molecule has 3 atom stereocenters. The van der Waals surface area contributed by atoms with Crippen molar-refractivity contribution in [3.05, 3.63) is 34.1 Å². The summed E-state index contributed by atoms with van der Waals surface area (Å²) in [5.74, 6) is 0.624. The third kappa shape index (κ3) is 3.79. The van der Waals surface area contributed by atoms with E-state index in [2.05, 4.69) is 35.1 Å². The van der Waals surface area contributed by atoms with E-state index in [0.29, 0.717) is 6.04 Å². The number of nitrogens with one attached hydrogen (secondary N) is 1. The van der Waals surface area contributed by atoms with Gasteiger partial charge in [-0.25, -0.2) is 4.39 Å². The number of hydrogen-bond donors (Lipinski definition) is 1. The lowest BCUT2D eigenvalue weighted by atomic mass is 9.82. The van der Waals surface area contributed by atoms with Gasteiger partial charge in [0.2, 0.25) is 0 Å². The highest BCUT2D eigenvalue weighted by Gasteiger charge is 2.25. The van der Waals surface area contributed by atoms with E-state index in [1.165, 1.54) is 38.2 Å². The van der Waals surface area contributed by atoms with Crippen molar-refractivity contribution in [2.75, 3.05) is 0 Å². The molecule has 0 saturated heterocycles. The Balaban J connectivity index is 2.07. The molecule has 0 aromatic heterocycles. The van der Waals surface area contributed by atoms with Crippen LogP contribution in [0.2, 0.25) is 0 Å². The quantitative estimate of drug-likeness (QED) is 0.800. The number of hydrogen-bond acceptors (Lipinski definition) is 1. The lowest BCUT2D eigenvalue weighted by Crippen LogP contribution is -2.39. The summed E-state index contributed by atoms with van der Waals surface area (Å²) in [5, 5.41) is 3.64. The summed E-state index contributed by atoms with van der Waals surface area (Å²) in [4.78, 5) is 0. The fourth-order valence-electron chi connectivity index (χ4n) is 3.17. The van der Waals surface area contributed by atoms with Crippen LogP contribution in [0.3, 0.4) is 0 Å². The van der Waals surface area contributed by atoms with Crippen LogP contribution in [-0.4, -0.2) is 6.04 Å². The third-order valence-electron chi connectivity index (χ3n) is 4.32. The molecule has 0 aliphatic heterocycles. The summed E-state index contributed by atoms with van der Waals surface area (Å²) in [5.41, 5.74) is 0.759. The third-order valence-corrected chi connectivity index (χ3v) is 4.82. The number of rotatable bonds is 4. The number of benzene rings is 1. The Morgan fingerprint density at radius 2 is 2.11 bits per heavy atom. The Morgan fingerprint density at radius 3 is 2.84 bits per heavy atom. The average Bonchev–Trinajstić information content (AvgIpc) is 2.42. The maximum absolute atomic E-state index is 13.9. The highest BCUT2D eigenvalue weighted by molar-refractivity contribution is 9.10. The van der Waals surface area contributed by atoms with Crippen molar-refractivity contribution in [2.24, 2.45) is 5.92 Å². The molecule has 0 bridgehead atoms. The molecule has 19 heavy (non-hydrogen) atoms. The highest BCUT2D eigenvalue weighted by Crippen LogP contribution is 2.29. The van der Waals surface area contributed by atoms with E-state index in [4.69, 9.17) is 0 Å². The molecule has 106 valence electrons. The van der Waals surface area contributed by atoms with Gasteiger partial charge >= 0.3 is 0 Å². The van der Waals surface area contributed by atoms with Gasteiger partial charge in [-0.3, -0.25) is 0 Å². The van der Waals surface area contributed by atoms with Crippen molar-refractivity contribution in [1.29, 1.82) is 0 Å². The summed E-state index contributed by atoms with van der Waals surface area (Å²) in [6, 6.07) is 5.77. The molecule has 1 nitrogen and oxygen atoms in total. The van der Waals surface area contributed by atoms with Gasteiger partial charge in [0, 0.05) is 22.1 Å². The van der Waals surface area contributed by atoms with E-state index < -0.39 is 0 Å². The average molecular weight is 328 g/mol. The van der Waals surface area contributed by atoms with E-state index in [9.17, 15) is 4.39 Å². The van der Waals surface area contributed by atoms with Gasteiger partial charge in [0.25, 0.3) is 0 Å². The Bertz CT molecular complexity index is 421. The van der Waals surface area contributed by atoms with Crippen LogP contribution in [0.5, 0.6) is 0 Å². The molecule has 1 aromatic rings. The van der Waals surface area contributed by atoms with Crippen LogP contribution in [-0.2, 0) is 0 Å². The Hall–Kier alpha value is -0.410. The van der Waals surface area contributed by atoms with Crippen molar-refractivity contribution in [3.63, 3.8) is 0 Å². The Labute approximate surface area is 124 Å². The monoisotopic (exact) mass is 327 g/mol. The zero-order valence-corrected chi connectivity index (χ0v) is 13.3. The minimum atomic E-state index is -0.118. The van der Waals surface area contributed by atoms with Gasteiger partial charge in [0.15, 0.2) is 0 Å². The predicted octanol–water partition coefficient (Wildman–Crippen LogP) is 5.21. The molecule has 1 aliphatic carbocycles. The first-order valence-electron chi connectivity index (χ1n) is 7.32. The van der Waals surface area contributed by atoms with Gasteiger partial charge in [-0.2, -0.15) is 0 Å². The molecule has 0 amide bonds. The van der Waals surface area contributed by atoms with E-state index in [0.717, 1.165) is 16.0 Å². The number of halogens is 2. The first-order valence-corrected chi connectivity index (χ1v) is 8.12. The topological polar surface area (TPSA) is 12.0 Å². The Morgan fingerprint density at radius 1 is 1.37 bits per heavy atom. The van der Waals surface area contributed by atoms with Crippen molar-refractivity contribution in [3.8, 4) is 0 Å². The van der Waals surface area contributed by atoms with Crippen LogP contribution in [0, 0.1) is 11.7 Å². The highest BCUT2D eigenvalue weighted by atomic mass is 79.9. The largest absolute Gasteiger partial charge is 0.307 e.